The largest absolute Gasteiger partial charge is 0.495 e. The summed E-state index contributed by atoms with van der Waals surface area (Å²) in [7, 11) is 1.49. The zero-order chi connectivity index (χ0) is 19.1. The first-order chi connectivity index (χ1) is 12.4. The fourth-order valence-electron chi connectivity index (χ4n) is 1.86. The summed E-state index contributed by atoms with van der Waals surface area (Å²) in [6.07, 6.45) is 0. The molecule has 0 radical (unpaired) electrons. The third kappa shape index (κ3) is 6.09. The van der Waals surface area contributed by atoms with Crippen molar-refractivity contribution in [3.8, 4) is 11.5 Å². The van der Waals surface area contributed by atoms with Crippen LogP contribution in [0.4, 0.5) is 5.69 Å². The van der Waals surface area contributed by atoms with Crippen molar-refractivity contribution in [3.63, 3.8) is 0 Å². The standard InChI is InChI=1S/C17H14BrCl2NO5/c1-24-15-5-3-11(7-13(15)20)21-16(22)8-26-17(23)9-25-14-4-2-10(19)6-12(14)18/h2-7H,8-9H2,1H3,(H,21,22). The van der Waals surface area contributed by atoms with Crippen LogP contribution in [0.3, 0.4) is 0 Å². The number of halogens is 3. The molecule has 9 heteroatoms. The Labute approximate surface area is 168 Å². The van der Waals surface area contributed by atoms with Gasteiger partial charge in [0.1, 0.15) is 11.5 Å². The lowest BCUT2D eigenvalue weighted by molar-refractivity contribution is -0.149. The number of carbonyl (C=O) groups excluding carboxylic acids is 2. The zero-order valence-corrected chi connectivity index (χ0v) is 16.7. The molecule has 0 aliphatic rings. The minimum absolute atomic E-state index is 0.345. The topological polar surface area (TPSA) is 73.9 Å². The lowest BCUT2D eigenvalue weighted by atomic mass is 10.3. The van der Waals surface area contributed by atoms with Gasteiger partial charge >= 0.3 is 5.97 Å². The van der Waals surface area contributed by atoms with Crippen molar-refractivity contribution in [2.24, 2.45) is 0 Å². The Morgan fingerprint density at radius 3 is 2.46 bits per heavy atom. The van der Waals surface area contributed by atoms with Crippen molar-refractivity contribution < 1.29 is 23.8 Å². The highest BCUT2D eigenvalue weighted by Crippen LogP contribution is 2.28. The van der Waals surface area contributed by atoms with E-state index in [4.69, 9.17) is 37.4 Å². The van der Waals surface area contributed by atoms with Crippen LogP contribution in [0, 0.1) is 0 Å². The summed E-state index contributed by atoms with van der Waals surface area (Å²) in [5, 5.41) is 3.44. The van der Waals surface area contributed by atoms with E-state index in [-0.39, 0.29) is 6.61 Å². The van der Waals surface area contributed by atoms with Gasteiger partial charge < -0.3 is 19.5 Å². The van der Waals surface area contributed by atoms with Gasteiger partial charge in [-0.3, -0.25) is 4.79 Å². The highest BCUT2D eigenvalue weighted by molar-refractivity contribution is 9.10. The van der Waals surface area contributed by atoms with Crippen LogP contribution in [-0.2, 0) is 14.3 Å². The molecule has 2 rings (SSSR count). The van der Waals surface area contributed by atoms with E-state index in [1.54, 1.807) is 30.3 Å². The number of carbonyl (C=O) groups is 2. The Kier molecular flexibility index (Phi) is 7.56. The Bertz CT molecular complexity index is 816. The molecule has 0 saturated heterocycles. The molecule has 0 saturated carbocycles. The van der Waals surface area contributed by atoms with Crippen LogP contribution in [0.2, 0.25) is 10.0 Å². The van der Waals surface area contributed by atoms with Crippen molar-refractivity contribution in [2.75, 3.05) is 25.6 Å². The van der Waals surface area contributed by atoms with E-state index in [9.17, 15) is 9.59 Å². The van der Waals surface area contributed by atoms with E-state index >= 15 is 0 Å². The Balaban J connectivity index is 1.77. The number of rotatable bonds is 7. The second kappa shape index (κ2) is 9.66. The molecule has 26 heavy (non-hydrogen) atoms. The summed E-state index contributed by atoms with van der Waals surface area (Å²) in [6, 6.07) is 9.63. The van der Waals surface area contributed by atoms with Gasteiger partial charge in [-0.25, -0.2) is 4.79 Å². The summed E-state index contributed by atoms with van der Waals surface area (Å²) in [6.45, 7) is -0.796. The monoisotopic (exact) mass is 461 g/mol. The number of nitrogens with one attached hydrogen (secondary N) is 1. The minimum atomic E-state index is -0.685. The Morgan fingerprint density at radius 2 is 1.81 bits per heavy atom. The number of methoxy groups -OCH3 is 1. The van der Waals surface area contributed by atoms with E-state index in [0.717, 1.165) is 0 Å². The lowest BCUT2D eigenvalue weighted by Crippen LogP contribution is -2.23. The lowest BCUT2D eigenvalue weighted by Gasteiger charge is -2.10. The van der Waals surface area contributed by atoms with Gasteiger partial charge in [0.2, 0.25) is 0 Å². The second-order valence-electron chi connectivity index (χ2n) is 4.92. The first-order valence-corrected chi connectivity index (χ1v) is 8.81. The number of hydrogen-bond acceptors (Lipinski definition) is 5. The molecular formula is C17H14BrCl2NO5. The molecule has 0 spiro atoms. The predicted octanol–water partition coefficient (Wildman–Crippen LogP) is 4.33. The Morgan fingerprint density at radius 1 is 1.08 bits per heavy atom. The SMILES string of the molecule is COc1ccc(NC(=O)COC(=O)COc2ccc(Cl)cc2Br)cc1Cl. The Hall–Kier alpha value is -1.96. The highest BCUT2D eigenvalue weighted by Gasteiger charge is 2.11. The number of hydrogen-bond donors (Lipinski definition) is 1. The number of amides is 1. The molecule has 0 heterocycles. The van der Waals surface area contributed by atoms with Gasteiger partial charge in [0, 0.05) is 10.7 Å². The smallest absolute Gasteiger partial charge is 0.344 e. The molecular weight excluding hydrogens is 449 g/mol. The fourth-order valence-corrected chi connectivity index (χ4v) is 2.91. The van der Waals surface area contributed by atoms with Gasteiger partial charge in [-0.2, -0.15) is 0 Å². The molecule has 0 atom stereocenters. The first-order valence-electron chi connectivity index (χ1n) is 7.26. The molecule has 1 N–H and O–H groups in total. The molecule has 0 bridgehead atoms. The van der Waals surface area contributed by atoms with Gasteiger partial charge in [-0.15, -0.1) is 0 Å². The van der Waals surface area contributed by atoms with Crippen LogP contribution in [0.5, 0.6) is 11.5 Å². The van der Waals surface area contributed by atoms with Crippen molar-refractivity contribution in [1.82, 2.24) is 0 Å². The number of esters is 1. The van der Waals surface area contributed by atoms with Crippen molar-refractivity contribution in [2.45, 2.75) is 0 Å². The molecule has 6 nitrogen and oxygen atoms in total. The van der Waals surface area contributed by atoms with Crippen LogP contribution in [0.15, 0.2) is 40.9 Å². The average Bonchev–Trinajstić information content (AvgIpc) is 2.59. The first kappa shape index (κ1) is 20.4. The molecule has 0 fully saturated rings. The van der Waals surface area contributed by atoms with Gasteiger partial charge in [0.25, 0.3) is 5.91 Å². The maximum atomic E-state index is 11.8. The van der Waals surface area contributed by atoms with Crippen LogP contribution in [0.25, 0.3) is 0 Å². The second-order valence-corrected chi connectivity index (χ2v) is 6.62. The molecule has 0 aliphatic heterocycles. The third-order valence-corrected chi connectivity index (χ3v) is 4.19. The summed E-state index contributed by atoms with van der Waals surface area (Å²) in [4.78, 5) is 23.5. The van der Waals surface area contributed by atoms with E-state index in [2.05, 4.69) is 21.2 Å². The maximum absolute atomic E-state index is 11.8. The van der Waals surface area contributed by atoms with Crippen LogP contribution >= 0.6 is 39.1 Å². The van der Waals surface area contributed by atoms with Crippen LogP contribution < -0.4 is 14.8 Å². The number of anilines is 1. The van der Waals surface area contributed by atoms with Gasteiger partial charge in [0.05, 0.1) is 16.6 Å². The summed E-state index contributed by atoms with van der Waals surface area (Å²) >= 11 is 15.1. The fraction of sp³-hybridized carbons (Fsp3) is 0.176. The van der Waals surface area contributed by atoms with Crippen LogP contribution in [0.1, 0.15) is 0 Å². The van der Waals surface area contributed by atoms with Gasteiger partial charge in [-0.1, -0.05) is 23.2 Å². The number of benzene rings is 2. The number of ether oxygens (including phenoxy) is 3. The van der Waals surface area contributed by atoms with Gasteiger partial charge in [-0.05, 0) is 52.3 Å². The van der Waals surface area contributed by atoms with Crippen molar-refractivity contribution in [1.29, 1.82) is 0 Å². The molecule has 0 aromatic heterocycles. The van der Waals surface area contributed by atoms with Crippen molar-refractivity contribution >= 4 is 56.7 Å². The van der Waals surface area contributed by atoms with Gasteiger partial charge in [0.15, 0.2) is 13.2 Å². The van der Waals surface area contributed by atoms with Crippen LogP contribution in [-0.4, -0.2) is 32.2 Å². The molecule has 138 valence electrons. The van der Waals surface area contributed by atoms with E-state index in [1.165, 1.54) is 13.2 Å². The summed E-state index contributed by atoms with van der Waals surface area (Å²) in [5.74, 6) is -0.271. The highest BCUT2D eigenvalue weighted by atomic mass is 79.9. The average molecular weight is 463 g/mol. The maximum Gasteiger partial charge on any atom is 0.344 e. The van der Waals surface area contributed by atoms with E-state index in [0.29, 0.717) is 31.7 Å². The molecule has 0 aliphatic carbocycles. The predicted molar refractivity (Wildman–Crippen MR) is 102 cm³/mol. The summed E-state index contributed by atoms with van der Waals surface area (Å²) in [5.41, 5.74) is 0.457. The zero-order valence-electron chi connectivity index (χ0n) is 13.6. The van der Waals surface area contributed by atoms with E-state index < -0.39 is 18.5 Å². The third-order valence-electron chi connectivity index (χ3n) is 3.04. The normalized spacial score (nSPS) is 10.2. The minimum Gasteiger partial charge on any atom is -0.495 e. The quantitative estimate of drug-likeness (QED) is 0.620. The molecule has 0 unspecified atom stereocenters. The molecule has 2 aromatic rings. The van der Waals surface area contributed by atoms with E-state index in [1.807, 2.05) is 0 Å². The summed E-state index contributed by atoms with van der Waals surface area (Å²) < 4.78 is 15.8. The molecule has 1 amide bonds. The van der Waals surface area contributed by atoms with Crippen molar-refractivity contribution in [3.05, 3.63) is 50.9 Å². The molecule has 2 aromatic carbocycles.